The van der Waals surface area contributed by atoms with Crippen LogP contribution < -0.4 is 5.32 Å². The Morgan fingerprint density at radius 2 is 2.39 bits per heavy atom. The van der Waals surface area contributed by atoms with E-state index in [0.717, 1.165) is 26.9 Å². The fourth-order valence-corrected chi connectivity index (χ4v) is 3.09. The molecule has 0 aliphatic rings. The summed E-state index contributed by atoms with van der Waals surface area (Å²) >= 11 is 3.06. The average molecular weight is 278 g/mol. The molecule has 8 heteroatoms. The molecule has 0 radical (unpaired) electrons. The number of anilines is 1. The summed E-state index contributed by atoms with van der Waals surface area (Å²) in [5.74, 6) is 0.648. The van der Waals surface area contributed by atoms with Crippen molar-refractivity contribution in [1.29, 1.82) is 0 Å². The highest BCUT2D eigenvalue weighted by molar-refractivity contribution is 7.99. The quantitative estimate of drug-likeness (QED) is 0.713. The molecule has 0 unspecified atom stereocenters. The SMILES string of the molecule is CCNc1nc(Sc2ncn[nH]2)c2ccsc2n1. The molecule has 6 nitrogen and oxygen atoms in total. The van der Waals surface area contributed by atoms with E-state index in [1.54, 1.807) is 11.3 Å². The third-order valence-corrected chi connectivity index (χ3v) is 3.91. The van der Waals surface area contributed by atoms with E-state index in [1.165, 1.54) is 18.1 Å². The summed E-state index contributed by atoms with van der Waals surface area (Å²) in [5.41, 5.74) is 0. The summed E-state index contributed by atoms with van der Waals surface area (Å²) in [5, 5.41) is 14.5. The number of thiophene rings is 1. The Kier molecular flexibility index (Phi) is 3.11. The summed E-state index contributed by atoms with van der Waals surface area (Å²) < 4.78 is 0. The van der Waals surface area contributed by atoms with Gasteiger partial charge in [-0.2, -0.15) is 5.10 Å². The second kappa shape index (κ2) is 4.91. The maximum Gasteiger partial charge on any atom is 0.225 e. The van der Waals surface area contributed by atoms with Crippen molar-refractivity contribution in [3.8, 4) is 0 Å². The minimum Gasteiger partial charge on any atom is -0.354 e. The van der Waals surface area contributed by atoms with Gasteiger partial charge < -0.3 is 5.32 Å². The number of aromatic nitrogens is 5. The van der Waals surface area contributed by atoms with Gasteiger partial charge in [0.05, 0.1) is 0 Å². The lowest BCUT2D eigenvalue weighted by Crippen LogP contribution is -2.02. The van der Waals surface area contributed by atoms with Crippen LogP contribution in [0.25, 0.3) is 10.2 Å². The minimum absolute atomic E-state index is 0.648. The zero-order chi connectivity index (χ0) is 12.4. The average Bonchev–Trinajstić information content (AvgIpc) is 2.99. The van der Waals surface area contributed by atoms with Gasteiger partial charge in [-0.25, -0.2) is 15.0 Å². The Labute approximate surface area is 111 Å². The second-order valence-corrected chi connectivity index (χ2v) is 5.29. The molecule has 3 rings (SSSR count). The fraction of sp³-hybridized carbons (Fsp3) is 0.200. The lowest BCUT2D eigenvalue weighted by Gasteiger charge is -2.04. The molecule has 3 heterocycles. The number of hydrogen-bond donors (Lipinski definition) is 2. The van der Waals surface area contributed by atoms with Crippen LogP contribution in [0.1, 0.15) is 6.92 Å². The molecule has 0 saturated heterocycles. The van der Waals surface area contributed by atoms with Gasteiger partial charge in [-0.15, -0.1) is 11.3 Å². The van der Waals surface area contributed by atoms with Crippen LogP contribution in [0, 0.1) is 0 Å². The molecule has 2 N–H and O–H groups in total. The molecule has 0 aromatic carbocycles. The Balaban J connectivity index is 2.04. The zero-order valence-electron chi connectivity index (χ0n) is 9.54. The predicted octanol–water partition coefficient (Wildman–Crippen LogP) is 2.39. The van der Waals surface area contributed by atoms with E-state index in [4.69, 9.17) is 0 Å². The van der Waals surface area contributed by atoms with Crippen molar-refractivity contribution >= 4 is 39.3 Å². The minimum atomic E-state index is 0.648. The highest BCUT2D eigenvalue weighted by Crippen LogP contribution is 2.32. The number of hydrogen-bond acceptors (Lipinski definition) is 7. The summed E-state index contributed by atoms with van der Waals surface area (Å²) in [4.78, 5) is 14.0. The van der Waals surface area contributed by atoms with E-state index >= 15 is 0 Å². The third kappa shape index (κ3) is 2.16. The fourth-order valence-electron chi connectivity index (χ4n) is 1.48. The first-order valence-corrected chi connectivity index (χ1v) is 7.08. The first kappa shape index (κ1) is 11.4. The molecule has 92 valence electrons. The molecule has 0 saturated carbocycles. The molecule has 0 bridgehead atoms. The predicted molar refractivity (Wildman–Crippen MR) is 72.1 cm³/mol. The molecule has 0 aliphatic heterocycles. The Bertz CT molecular complexity index is 647. The van der Waals surface area contributed by atoms with Crippen molar-refractivity contribution < 1.29 is 0 Å². The molecule has 0 aliphatic carbocycles. The van der Waals surface area contributed by atoms with Gasteiger partial charge in [-0.1, -0.05) is 0 Å². The molecule has 0 fully saturated rings. The van der Waals surface area contributed by atoms with Crippen molar-refractivity contribution in [2.45, 2.75) is 17.1 Å². The van der Waals surface area contributed by atoms with Crippen LogP contribution >= 0.6 is 23.1 Å². The van der Waals surface area contributed by atoms with Gasteiger partial charge in [0.25, 0.3) is 0 Å². The number of aromatic amines is 1. The van der Waals surface area contributed by atoms with Crippen LogP contribution in [-0.4, -0.2) is 31.7 Å². The highest BCUT2D eigenvalue weighted by atomic mass is 32.2. The highest BCUT2D eigenvalue weighted by Gasteiger charge is 2.11. The number of H-pyrrole nitrogens is 1. The first-order valence-electron chi connectivity index (χ1n) is 5.39. The Hall–Kier alpha value is -1.67. The molecule has 18 heavy (non-hydrogen) atoms. The summed E-state index contributed by atoms with van der Waals surface area (Å²) in [6.45, 7) is 2.81. The van der Waals surface area contributed by atoms with Crippen LogP contribution in [-0.2, 0) is 0 Å². The van der Waals surface area contributed by atoms with Gasteiger partial charge in [0.15, 0.2) is 5.16 Å². The van der Waals surface area contributed by atoms with Crippen LogP contribution in [0.2, 0.25) is 0 Å². The number of nitrogens with one attached hydrogen (secondary N) is 2. The normalized spacial score (nSPS) is 10.9. The zero-order valence-corrected chi connectivity index (χ0v) is 11.2. The van der Waals surface area contributed by atoms with Gasteiger partial charge in [-0.05, 0) is 30.1 Å². The van der Waals surface area contributed by atoms with E-state index < -0.39 is 0 Å². The topological polar surface area (TPSA) is 79.4 Å². The maximum absolute atomic E-state index is 4.50. The van der Waals surface area contributed by atoms with Crippen molar-refractivity contribution in [1.82, 2.24) is 25.1 Å². The summed E-state index contributed by atoms with van der Waals surface area (Å²) in [7, 11) is 0. The van der Waals surface area contributed by atoms with Gasteiger partial charge >= 0.3 is 0 Å². The van der Waals surface area contributed by atoms with Crippen molar-refractivity contribution in [3.63, 3.8) is 0 Å². The van der Waals surface area contributed by atoms with E-state index in [1.807, 2.05) is 18.4 Å². The lowest BCUT2D eigenvalue weighted by atomic mass is 10.4. The van der Waals surface area contributed by atoms with E-state index in [2.05, 4.69) is 30.5 Å². The monoisotopic (exact) mass is 278 g/mol. The van der Waals surface area contributed by atoms with Gasteiger partial charge in [0.1, 0.15) is 16.2 Å². The Morgan fingerprint density at radius 1 is 1.44 bits per heavy atom. The molecular formula is C10H10N6S2. The molecular weight excluding hydrogens is 268 g/mol. The van der Waals surface area contributed by atoms with Crippen LogP contribution in [0.15, 0.2) is 28.0 Å². The lowest BCUT2D eigenvalue weighted by molar-refractivity contribution is 0.967. The second-order valence-electron chi connectivity index (χ2n) is 3.41. The van der Waals surface area contributed by atoms with E-state index in [9.17, 15) is 0 Å². The molecule has 0 spiro atoms. The van der Waals surface area contributed by atoms with Gasteiger partial charge in [0.2, 0.25) is 5.95 Å². The van der Waals surface area contributed by atoms with Crippen LogP contribution in [0.5, 0.6) is 0 Å². The van der Waals surface area contributed by atoms with Crippen molar-refractivity contribution in [3.05, 3.63) is 17.8 Å². The number of fused-ring (bicyclic) bond motifs is 1. The summed E-state index contributed by atoms with van der Waals surface area (Å²) in [6.07, 6.45) is 1.49. The molecule has 3 aromatic rings. The van der Waals surface area contributed by atoms with Gasteiger partial charge in [0, 0.05) is 11.9 Å². The third-order valence-electron chi connectivity index (χ3n) is 2.21. The molecule has 3 aromatic heterocycles. The van der Waals surface area contributed by atoms with E-state index in [0.29, 0.717) is 5.95 Å². The molecule has 0 amide bonds. The summed E-state index contributed by atoms with van der Waals surface area (Å²) in [6, 6.07) is 2.02. The largest absolute Gasteiger partial charge is 0.354 e. The standard InChI is InChI=1S/C10H10N6S2/c1-2-11-9-14-7-6(3-4-17-7)8(15-9)18-10-12-5-13-16-10/h3-5H,2H2,1H3,(H,11,14,15)(H,12,13,16). The van der Waals surface area contributed by atoms with Crippen molar-refractivity contribution in [2.24, 2.45) is 0 Å². The van der Waals surface area contributed by atoms with Crippen LogP contribution in [0.4, 0.5) is 5.95 Å². The van der Waals surface area contributed by atoms with Crippen molar-refractivity contribution in [2.75, 3.05) is 11.9 Å². The smallest absolute Gasteiger partial charge is 0.225 e. The van der Waals surface area contributed by atoms with Gasteiger partial charge in [-0.3, -0.25) is 5.10 Å². The van der Waals surface area contributed by atoms with Crippen LogP contribution in [0.3, 0.4) is 0 Å². The van der Waals surface area contributed by atoms with E-state index in [-0.39, 0.29) is 0 Å². The maximum atomic E-state index is 4.50. The molecule has 0 atom stereocenters. The Morgan fingerprint density at radius 3 is 3.17 bits per heavy atom. The number of nitrogens with zero attached hydrogens (tertiary/aromatic N) is 4. The first-order chi connectivity index (χ1) is 8.86. The number of rotatable bonds is 4.